The normalized spacial score (nSPS) is 24.5. The first-order valence-electron chi connectivity index (χ1n) is 8.21. The molecule has 0 unspecified atom stereocenters. The van der Waals surface area contributed by atoms with Crippen LogP contribution in [0.25, 0.3) is 0 Å². The van der Waals surface area contributed by atoms with Crippen LogP contribution in [0.15, 0.2) is 24.4 Å². The predicted molar refractivity (Wildman–Crippen MR) is 88.1 cm³/mol. The standard InChI is InChI=1S/C17H24N4O2/c1-20(2)17-18-9-8-14(19-17)15-12-21(10-11-23-15)16(22)13-6-4-3-5-7-13/h3-4,8-9,13,15H,5-7,10-12H2,1-2H3/t13-,15-/m1/s1. The Morgan fingerprint density at radius 2 is 2.26 bits per heavy atom. The van der Waals surface area contributed by atoms with Crippen LogP contribution in [0.1, 0.15) is 31.1 Å². The van der Waals surface area contributed by atoms with Crippen molar-refractivity contribution in [2.45, 2.75) is 25.4 Å². The zero-order valence-corrected chi connectivity index (χ0v) is 13.8. The van der Waals surface area contributed by atoms with E-state index in [0.717, 1.165) is 25.0 Å². The third kappa shape index (κ3) is 3.69. The number of carbonyl (C=O) groups is 1. The Labute approximate surface area is 137 Å². The van der Waals surface area contributed by atoms with Crippen LogP contribution in [0.4, 0.5) is 5.95 Å². The number of allylic oxidation sites excluding steroid dienone is 2. The molecule has 1 aliphatic carbocycles. The van der Waals surface area contributed by atoms with Crippen LogP contribution in [-0.2, 0) is 9.53 Å². The maximum Gasteiger partial charge on any atom is 0.226 e. The number of ether oxygens (including phenoxy) is 1. The third-order valence-corrected chi connectivity index (χ3v) is 4.39. The lowest BCUT2D eigenvalue weighted by Crippen LogP contribution is -2.45. The van der Waals surface area contributed by atoms with Crippen LogP contribution in [0.2, 0.25) is 0 Å². The number of nitrogens with zero attached hydrogens (tertiary/aromatic N) is 4. The average Bonchev–Trinajstić information content (AvgIpc) is 2.62. The van der Waals surface area contributed by atoms with Crippen LogP contribution in [0.5, 0.6) is 0 Å². The van der Waals surface area contributed by atoms with E-state index in [1.165, 1.54) is 0 Å². The monoisotopic (exact) mass is 316 g/mol. The molecule has 0 bridgehead atoms. The fraction of sp³-hybridized carbons (Fsp3) is 0.588. The second-order valence-corrected chi connectivity index (χ2v) is 6.30. The van der Waals surface area contributed by atoms with Crippen LogP contribution in [0, 0.1) is 5.92 Å². The Morgan fingerprint density at radius 3 is 3.00 bits per heavy atom. The molecule has 124 valence electrons. The molecular formula is C17H24N4O2. The van der Waals surface area contributed by atoms with Gasteiger partial charge in [-0.25, -0.2) is 9.97 Å². The lowest BCUT2D eigenvalue weighted by Gasteiger charge is -2.35. The highest BCUT2D eigenvalue weighted by molar-refractivity contribution is 5.79. The van der Waals surface area contributed by atoms with E-state index in [4.69, 9.17) is 4.74 Å². The van der Waals surface area contributed by atoms with E-state index in [-0.39, 0.29) is 17.9 Å². The van der Waals surface area contributed by atoms with E-state index >= 15 is 0 Å². The van der Waals surface area contributed by atoms with Crippen LogP contribution >= 0.6 is 0 Å². The SMILES string of the molecule is CN(C)c1nccc([C@H]2CN(C(=O)[C@@H]3CC=CCC3)CCO2)n1. The second kappa shape index (κ2) is 7.08. The molecule has 2 heterocycles. The molecule has 0 saturated carbocycles. The largest absolute Gasteiger partial charge is 0.368 e. The number of anilines is 1. The molecule has 1 aromatic heterocycles. The van der Waals surface area contributed by atoms with Crippen molar-refractivity contribution >= 4 is 11.9 Å². The summed E-state index contributed by atoms with van der Waals surface area (Å²) >= 11 is 0. The zero-order valence-electron chi connectivity index (χ0n) is 13.8. The van der Waals surface area contributed by atoms with Crippen LogP contribution in [-0.4, -0.2) is 54.6 Å². The molecule has 3 rings (SSSR count). The maximum atomic E-state index is 12.7. The van der Waals surface area contributed by atoms with Crippen molar-refractivity contribution in [3.63, 3.8) is 0 Å². The molecule has 1 aliphatic heterocycles. The lowest BCUT2D eigenvalue weighted by molar-refractivity contribution is -0.143. The summed E-state index contributed by atoms with van der Waals surface area (Å²) < 4.78 is 5.85. The van der Waals surface area contributed by atoms with Gasteiger partial charge >= 0.3 is 0 Å². The zero-order chi connectivity index (χ0) is 16.2. The molecule has 2 atom stereocenters. The summed E-state index contributed by atoms with van der Waals surface area (Å²) in [6, 6.07) is 1.87. The van der Waals surface area contributed by atoms with E-state index in [2.05, 4.69) is 22.1 Å². The molecule has 2 aliphatic rings. The molecule has 1 aromatic rings. The smallest absolute Gasteiger partial charge is 0.226 e. The number of rotatable bonds is 3. The van der Waals surface area contributed by atoms with Gasteiger partial charge in [-0.15, -0.1) is 0 Å². The molecule has 0 radical (unpaired) electrons. The molecule has 6 heteroatoms. The predicted octanol–water partition coefficient (Wildman–Crippen LogP) is 1.80. The minimum atomic E-state index is -0.173. The lowest BCUT2D eigenvalue weighted by atomic mass is 9.93. The Kier molecular flexibility index (Phi) is 4.91. The first-order valence-corrected chi connectivity index (χ1v) is 8.21. The van der Waals surface area contributed by atoms with Gasteiger partial charge in [0.15, 0.2) is 0 Å². The first-order chi connectivity index (χ1) is 11.1. The maximum absolute atomic E-state index is 12.7. The highest BCUT2D eigenvalue weighted by Gasteiger charge is 2.30. The topological polar surface area (TPSA) is 58.6 Å². The molecule has 1 amide bonds. The number of aromatic nitrogens is 2. The molecule has 0 aromatic carbocycles. The van der Waals surface area contributed by atoms with Gasteiger partial charge in [-0.3, -0.25) is 4.79 Å². The van der Waals surface area contributed by atoms with Gasteiger partial charge in [-0.1, -0.05) is 12.2 Å². The second-order valence-electron chi connectivity index (χ2n) is 6.30. The van der Waals surface area contributed by atoms with Gasteiger partial charge in [0.05, 0.1) is 18.8 Å². The Morgan fingerprint density at radius 1 is 1.39 bits per heavy atom. The van der Waals surface area contributed by atoms with Crippen molar-refractivity contribution in [3.8, 4) is 0 Å². The van der Waals surface area contributed by atoms with Crippen molar-refractivity contribution < 1.29 is 9.53 Å². The highest BCUT2D eigenvalue weighted by Crippen LogP contribution is 2.26. The molecule has 0 N–H and O–H groups in total. The van der Waals surface area contributed by atoms with Crippen molar-refractivity contribution in [2.24, 2.45) is 5.92 Å². The number of amides is 1. The molecule has 1 fully saturated rings. The summed E-state index contributed by atoms with van der Waals surface area (Å²) in [6.45, 7) is 1.80. The van der Waals surface area contributed by atoms with Crippen molar-refractivity contribution in [1.82, 2.24) is 14.9 Å². The number of hydrogen-bond acceptors (Lipinski definition) is 5. The quantitative estimate of drug-likeness (QED) is 0.796. The fourth-order valence-corrected chi connectivity index (χ4v) is 3.06. The third-order valence-electron chi connectivity index (χ3n) is 4.39. The molecule has 1 saturated heterocycles. The van der Waals surface area contributed by atoms with Crippen molar-refractivity contribution in [3.05, 3.63) is 30.1 Å². The van der Waals surface area contributed by atoms with Crippen LogP contribution in [0.3, 0.4) is 0 Å². The molecule has 23 heavy (non-hydrogen) atoms. The van der Waals surface area contributed by atoms with E-state index in [1.54, 1.807) is 6.20 Å². The Bertz CT molecular complexity index is 588. The minimum absolute atomic E-state index is 0.126. The minimum Gasteiger partial charge on any atom is -0.368 e. The summed E-state index contributed by atoms with van der Waals surface area (Å²) in [5.41, 5.74) is 0.838. The van der Waals surface area contributed by atoms with Gasteiger partial charge in [-0.2, -0.15) is 0 Å². The Hall–Kier alpha value is -1.95. The van der Waals surface area contributed by atoms with E-state index in [9.17, 15) is 4.79 Å². The average molecular weight is 316 g/mol. The molecule has 6 nitrogen and oxygen atoms in total. The molecule has 0 spiro atoms. The van der Waals surface area contributed by atoms with Crippen molar-refractivity contribution in [2.75, 3.05) is 38.7 Å². The molecular weight excluding hydrogens is 292 g/mol. The number of carbonyl (C=O) groups excluding carboxylic acids is 1. The van der Waals surface area contributed by atoms with Gasteiger partial charge < -0.3 is 14.5 Å². The summed E-state index contributed by atoms with van der Waals surface area (Å²) in [4.78, 5) is 25.3. The van der Waals surface area contributed by atoms with Gasteiger partial charge in [-0.05, 0) is 25.3 Å². The number of morpholine rings is 1. The van der Waals surface area contributed by atoms with E-state index in [1.807, 2.05) is 30.0 Å². The van der Waals surface area contributed by atoms with Gasteiger partial charge in [0.1, 0.15) is 6.10 Å². The summed E-state index contributed by atoms with van der Waals surface area (Å²) in [7, 11) is 3.82. The summed E-state index contributed by atoms with van der Waals surface area (Å²) in [6.07, 6.45) is 8.67. The number of hydrogen-bond donors (Lipinski definition) is 0. The van der Waals surface area contributed by atoms with E-state index in [0.29, 0.717) is 25.6 Å². The summed E-state index contributed by atoms with van der Waals surface area (Å²) in [5.74, 6) is 1.04. The van der Waals surface area contributed by atoms with Gasteiger partial charge in [0.2, 0.25) is 11.9 Å². The summed E-state index contributed by atoms with van der Waals surface area (Å²) in [5, 5.41) is 0. The Balaban J connectivity index is 1.69. The van der Waals surface area contributed by atoms with Gasteiger partial charge in [0.25, 0.3) is 0 Å². The fourth-order valence-electron chi connectivity index (χ4n) is 3.06. The van der Waals surface area contributed by atoms with Gasteiger partial charge in [0, 0.05) is 32.8 Å². The van der Waals surface area contributed by atoms with E-state index < -0.39 is 0 Å². The van der Waals surface area contributed by atoms with Crippen LogP contribution < -0.4 is 4.90 Å². The first kappa shape index (κ1) is 15.9. The van der Waals surface area contributed by atoms with Crippen molar-refractivity contribution in [1.29, 1.82) is 0 Å². The highest BCUT2D eigenvalue weighted by atomic mass is 16.5.